The number of alkyl halides is 1. The van der Waals surface area contributed by atoms with E-state index in [1.54, 1.807) is 20.8 Å². The Bertz CT molecular complexity index is 644. The first-order chi connectivity index (χ1) is 11.2. The number of amides is 1. The maximum atomic E-state index is 12.4. The van der Waals surface area contributed by atoms with E-state index in [4.69, 9.17) is 25.8 Å². The minimum atomic E-state index is -1.11. The first kappa shape index (κ1) is 17.0. The summed E-state index contributed by atoms with van der Waals surface area (Å²) in [7, 11) is 0. The van der Waals surface area contributed by atoms with Gasteiger partial charge < -0.3 is 19.5 Å². The highest BCUT2D eigenvalue weighted by Gasteiger charge is 2.65. The molecule has 24 heavy (non-hydrogen) atoms. The minimum Gasteiger partial charge on any atom is -0.448 e. The molecule has 2 fully saturated rings. The molecule has 0 bridgehead atoms. The molecule has 0 aliphatic carbocycles. The smallest absolute Gasteiger partial charge is 0.408 e. The summed E-state index contributed by atoms with van der Waals surface area (Å²) >= 11 is 6.43. The molecule has 1 aromatic rings. The van der Waals surface area contributed by atoms with Gasteiger partial charge in [-0.1, -0.05) is 30.3 Å². The van der Waals surface area contributed by atoms with Crippen molar-refractivity contribution in [2.75, 3.05) is 6.61 Å². The molecule has 130 valence electrons. The minimum absolute atomic E-state index is 0.223. The average molecular weight is 354 g/mol. The van der Waals surface area contributed by atoms with Gasteiger partial charge in [-0.2, -0.15) is 0 Å². The van der Waals surface area contributed by atoms with E-state index >= 15 is 0 Å². The Balaban J connectivity index is 1.87. The Hall–Kier alpha value is -1.79. The zero-order valence-electron chi connectivity index (χ0n) is 13.7. The van der Waals surface area contributed by atoms with E-state index in [-0.39, 0.29) is 6.61 Å². The van der Waals surface area contributed by atoms with Gasteiger partial charge in [0.2, 0.25) is 0 Å². The number of halogens is 1. The zero-order valence-corrected chi connectivity index (χ0v) is 14.5. The van der Waals surface area contributed by atoms with Crippen LogP contribution in [0, 0.1) is 0 Å². The number of benzene rings is 1. The third kappa shape index (κ3) is 2.84. The molecule has 3 rings (SSSR count). The molecule has 1 amide bonds. The Morgan fingerprint density at radius 1 is 1.33 bits per heavy atom. The summed E-state index contributed by atoms with van der Waals surface area (Å²) in [5, 5.41) is 2.01. The van der Waals surface area contributed by atoms with Crippen LogP contribution in [0.4, 0.5) is 4.79 Å². The lowest BCUT2D eigenvalue weighted by Crippen LogP contribution is -2.50. The maximum Gasteiger partial charge on any atom is 0.408 e. The van der Waals surface area contributed by atoms with Crippen LogP contribution in [0.5, 0.6) is 0 Å². The topological polar surface area (TPSA) is 73.9 Å². The van der Waals surface area contributed by atoms with Crippen LogP contribution in [0.3, 0.4) is 0 Å². The van der Waals surface area contributed by atoms with E-state index in [0.717, 1.165) is 5.56 Å². The van der Waals surface area contributed by atoms with Gasteiger partial charge in [0.05, 0.1) is 6.61 Å². The monoisotopic (exact) mass is 353 g/mol. The third-order valence-corrected chi connectivity index (χ3v) is 4.48. The lowest BCUT2D eigenvalue weighted by molar-refractivity contribution is -0.150. The third-order valence-electron chi connectivity index (χ3n) is 4.03. The van der Waals surface area contributed by atoms with Crippen LogP contribution in [0.2, 0.25) is 0 Å². The number of alkyl carbamates (subject to hydrolysis) is 1. The highest BCUT2D eigenvalue weighted by atomic mass is 35.5. The van der Waals surface area contributed by atoms with Crippen LogP contribution in [0.25, 0.3) is 0 Å². The number of ether oxygens (including phenoxy) is 3. The molecule has 2 saturated heterocycles. The number of hydrogen-bond acceptors (Lipinski definition) is 5. The molecule has 0 aromatic heterocycles. The zero-order chi connectivity index (χ0) is 17.5. The Morgan fingerprint density at radius 2 is 2.00 bits per heavy atom. The second-order valence-electron chi connectivity index (χ2n) is 6.93. The van der Waals surface area contributed by atoms with Gasteiger partial charge in [0.1, 0.15) is 17.1 Å². The Kier molecular flexibility index (Phi) is 4.21. The van der Waals surface area contributed by atoms with Crippen molar-refractivity contribution in [1.29, 1.82) is 0 Å². The predicted octanol–water partition coefficient (Wildman–Crippen LogP) is 2.34. The van der Waals surface area contributed by atoms with Crippen molar-refractivity contribution in [2.24, 2.45) is 0 Å². The molecule has 4 atom stereocenters. The number of fused-ring (bicyclic) bond motifs is 1. The number of esters is 1. The van der Waals surface area contributed by atoms with Crippen molar-refractivity contribution in [3.63, 3.8) is 0 Å². The average Bonchev–Trinajstić information content (AvgIpc) is 2.95. The summed E-state index contributed by atoms with van der Waals surface area (Å²) in [6.07, 6.45) is -1.41. The van der Waals surface area contributed by atoms with Crippen LogP contribution < -0.4 is 5.32 Å². The molecule has 7 heteroatoms. The summed E-state index contributed by atoms with van der Waals surface area (Å²) in [5.41, 5.74) is -1.04. The lowest BCUT2D eigenvalue weighted by Gasteiger charge is -2.30. The van der Waals surface area contributed by atoms with Gasteiger partial charge in [-0.05, 0) is 26.3 Å². The van der Waals surface area contributed by atoms with Gasteiger partial charge in [-0.15, -0.1) is 11.6 Å². The van der Waals surface area contributed by atoms with Crippen molar-refractivity contribution >= 4 is 23.7 Å². The van der Waals surface area contributed by atoms with E-state index in [1.165, 1.54) is 0 Å². The molecule has 1 N–H and O–H groups in total. The van der Waals surface area contributed by atoms with Crippen LogP contribution >= 0.6 is 11.6 Å². The van der Waals surface area contributed by atoms with Gasteiger partial charge >= 0.3 is 12.1 Å². The second-order valence-corrected chi connectivity index (χ2v) is 7.45. The van der Waals surface area contributed by atoms with Crippen LogP contribution in [0.1, 0.15) is 26.3 Å². The van der Waals surface area contributed by atoms with E-state index in [2.05, 4.69) is 5.32 Å². The molecule has 0 radical (unpaired) electrons. The molecule has 0 saturated carbocycles. The van der Waals surface area contributed by atoms with E-state index in [0.29, 0.717) is 0 Å². The van der Waals surface area contributed by atoms with E-state index in [9.17, 15) is 9.59 Å². The molecule has 2 aliphatic heterocycles. The van der Waals surface area contributed by atoms with Gasteiger partial charge in [0, 0.05) is 0 Å². The number of carbonyl (C=O) groups is 2. The van der Waals surface area contributed by atoms with Gasteiger partial charge in [-0.3, -0.25) is 0 Å². The van der Waals surface area contributed by atoms with Crippen molar-refractivity contribution < 1.29 is 23.8 Å². The lowest BCUT2D eigenvalue weighted by atomic mass is 9.86. The fraction of sp³-hybridized carbons (Fsp3) is 0.529. The molecular formula is C17H20ClNO5. The summed E-state index contributed by atoms with van der Waals surface area (Å²) < 4.78 is 16.6. The van der Waals surface area contributed by atoms with Crippen LogP contribution in [0.15, 0.2) is 30.3 Å². The number of rotatable bonds is 2. The van der Waals surface area contributed by atoms with Crippen molar-refractivity contribution in [2.45, 2.75) is 49.5 Å². The van der Waals surface area contributed by atoms with Gasteiger partial charge in [0.15, 0.2) is 11.6 Å². The number of hydrogen-bond donors (Lipinski definition) is 1. The fourth-order valence-electron chi connectivity index (χ4n) is 3.11. The highest BCUT2D eigenvalue weighted by Crippen LogP contribution is 2.48. The second kappa shape index (κ2) is 5.93. The quantitative estimate of drug-likeness (QED) is 0.652. The predicted molar refractivity (Wildman–Crippen MR) is 86.8 cm³/mol. The largest absolute Gasteiger partial charge is 0.448 e. The van der Waals surface area contributed by atoms with Gasteiger partial charge in [0.25, 0.3) is 0 Å². The van der Waals surface area contributed by atoms with Crippen LogP contribution in [-0.4, -0.2) is 41.8 Å². The first-order valence-corrected chi connectivity index (χ1v) is 8.21. The summed E-state index contributed by atoms with van der Waals surface area (Å²) in [4.78, 5) is 24.4. The molecule has 0 unspecified atom stereocenters. The first-order valence-electron chi connectivity index (χ1n) is 7.77. The van der Waals surface area contributed by atoms with Crippen LogP contribution in [-0.2, 0) is 24.6 Å². The Labute approximate surface area is 145 Å². The van der Waals surface area contributed by atoms with E-state index < -0.39 is 40.8 Å². The summed E-state index contributed by atoms with van der Waals surface area (Å²) in [6.45, 7) is 5.46. The number of carbonyl (C=O) groups excluding carboxylic acids is 2. The summed E-state index contributed by atoms with van der Waals surface area (Å²) in [5.74, 6) is -0.583. The standard InChI is InChI=1S/C17H20ClNO5/c1-16(2,3)24-15(21)19-12-13-17(23-14(12)20,11(18)9-22-13)10-7-5-4-6-8-10/h4-8,11-13H,9H2,1-3H3,(H,19,21)/t11-,12-,13+,17+/m1/s1. The Morgan fingerprint density at radius 3 is 2.62 bits per heavy atom. The molecule has 2 heterocycles. The normalized spacial score (nSPS) is 32.2. The molecule has 1 aromatic carbocycles. The SMILES string of the molecule is CC(C)(C)OC(=O)N[C@H]1C(=O)O[C@@]2(c3ccccc3)[C@H](Cl)CO[C@@H]12. The van der Waals surface area contributed by atoms with Crippen molar-refractivity contribution in [3.8, 4) is 0 Å². The fourth-order valence-corrected chi connectivity index (χ4v) is 3.47. The van der Waals surface area contributed by atoms with Crippen molar-refractivity contribution in [1.82, 2.24) is 5.32 Å². The number of nitrogens with one attached hydrogen (secondary N) is 1. The molecule has 2 aliphatic rings. The molecular weight excluding hydrogens is 334 g/mol. The van der Waals surface area contributed by atoms with E-state index in [1.807, 2.05) is 30.3 Å². The summed E-state index contributed by atoms with van der Waals surface area (Å²) in [6, 6.07) is 8.24. The van der Waals surface area contributed by atoms with Gasteiger partial charge in [-0.25, -0.2) is 9.59 Å². The maximum absolute atomic E-state index is 12.4. The highest BCUT2D eigenvalue weighted by molar-refractivity contribution is 6.22. The molecule has 0 spiro atoms. The molecule has 6 nitrogen and oxygen atoms in total. The van der Waals surface area contributed by atoms with Crippen molar-refractivity contribution in [3.05, 3.63) is 35.9 Å².